The molecule has 0 atom stereocenters. The van der Waals surface area contributed by atoms with E-state index in [0.29, 0.717) is 22.6 Å². The molecule has 0 aromatic heterocycles. The van der Waals surface area contributed by atoms with Gasteiger partial charge in [0.05, 0.1) is 35.1 Å². The van der Waals surface area contributed by atoms with Crippen LogP contribution in [0.5, 0.6) is 0 Å². The minimum absolute atomic E-state index is 0.0161. The van der Waals surface area contributed by atoms with Crippen molar-refractivity contribution in [3.8, 4) is 0 Å². The smallest absolute Gasteiger partial charge is 0.221 e. The number of hydrogen-bond donors (Lipinski definition) is 3. The number of aliphatic hydroxyl groups excluding tert-OH is 1. The Bertz CT molecular complexity index is 893. The molecular formula is C16H18N4O4S. The average Bonchev–Trinajstić information content (AvgIpc) is 2.54. The first kappa shape index (κ1) is 18.6. The second-order valence-corrected chi connectivity index (χ2v) is 7.38. The van der Waals surface area contributed by atoms with Crippen LogP contribution in [0.3, 0.4) is 0 Å². The number of aliphatic hydroxyl groups is 1. The molecule has 0 aliphatic heterocycles. The van der Waals surface area contributed by atoms with Crippen LogP contribution in [0, 0.1) is 0 Å². The molecule has 0 radical (unpaired) electrons. The van der Waals surface area contributed by atoms with E-state index in [0.717, 1.165) is 0 Å². The van der Waals surface area contributed by atoms with Gasteiger partial charge < -0.3 is 16.6 Å². The maximum absolute atomic E-state index is 11.8. The summed E-state index contributed by atoms with van der Waals surface area (Å²) in [4.78, 5) is 11.2. The summed E-state index contributed by atoms with van der Waals surface area (Å²) in [5.41, 5.74) is 12.8. The summed E-state index contributed by atoms with van der Waals surface area (Å²) in [7, 11) is -3.51. The minimum atomic E-state index is -3.51. The predicted octanol–water partition coefficient (Wildman–Crippen LogP) is 1.48. The first-order valence-corrected chi connectivity index (χ1v) is 8.99. The fourth-order valence-electron chi connectivity index (χ4n) is 2.10. The summed E-state index contributed by atoms with van der Waals surface area (Å²) < 4.78 is 23.7. The van der Waals surface area contributed by atoms with Crippen molar-refractivity contribution in [3.63, 3.8) is 0 Å². The van der Waals surface area contributed by atoms with Crippen molar-refractivity contribution in [2.24, 2.45) is 16.0 Å². The van der Waals surface area contributed by atoms with Crippen molar-refractivity contribution in [3.05, 3.63) is 48.0 Å². The van der Waals surface area contributed by atoms with Gasteiger partial charge >= 0.3 is 0 Å². The van der Waals surface area contributed by atoms with Gasteiger partial charge in [0.2, 0.25) is 5.91 Å². The first-order chi connectivity index (χ1) is 11.8. The maximum atomic E-state index is 11.8. The number of benzene rings is 2. The topological polar surface area (TPSA) is 148 Å². The fourth-order valence-corrected chi connectivity index (χ4v) is 3.13. The van der Waals surface area contributed by atoms with E-state index in [4.69, 9.17) is 16.6 Å². The second-order valence-electron chi connectivity index (χ2n) is 5.27. The monoisotopic (exact) mass is 362 g/mol. The standard InChI is InChI=1S/C16H18N4O4S/c17-12-1-6-15(11(9-12)10-16(18)22)20-19-13-2-4-14(5-3-13)25(23,24)8-7-21/h1-6,9,21H,7-8,10,17H2,(H2,18,22). The molecule has 0 spiro atoms. The molecule has 25 heavy (non-hydrogen) atoms. The summed E-state index contributed by atoms with van der Waals surface area (Å²) >= 11 is 0. The quantitative estimate of drug-likeness (QED) is 0.504. The lowest BCUT2D eigenvalue weighted by Gasteiger charge is -2.04. The summed E-state index contributed by atoms with van der Waals surface area (Å²) in [6.45, 7) is -0.441. The highest BCUT2D eigenvalue weighted by molar-refractivity contribution is 7.91. The van der Waals surface area contributed by atoms with E-state index in [1.807, 2.05) is 0 Å². The van der Waals surface area contributed by atoms with Gasteiger partial charge in [0.1, 0.15) is 0 Å². The van der Waals surface area contributed by atoms with Gasteiger partial charge in [0.15, 0.2) is 9.84 Å². The van der Waals surface area contributed by atoms with Gasteiger partial charge in [0.25, 0.3) is 0 Å². The van der Waals surface area contributed by atoms with Crippen LogP contribution in [-0.4, -0.2) is 31.8 Å². The predicted molar refractivity (Wildman–Crippen MR) is 93.5 cm³/mol. The minimum Gasteiger partial charge on any atom is -0.399 e. The fraction of sp³-hybridized carbons (Fsp3) is 0.188. The third-order valence-corrected chi connectivity index (χ3v) is 5.01. The number of hydrogen-bond acceptors (Lipinski definition) is 7. The highest BCUT2D eigenvalue weighted by atomic mass is 32.2. The van der Waals surface area contributed by atoms with Crippen LogP contribution in [0.25, 0.3) is 0 Å². The van der Waals surface area contributed by atoms with Gasteiger partial charge in [-0.15, -0.1) is 0 Å². The molecule has 0 aliphatic carbocycles. The lowest BCUT2D eigenvalue weighted by atomic mass is 10.1. The molecule has 5 N–H and O–H groups in total. The Morgan fingerprint density at radius 1 is 1.08 bits per heavy atom. The molecule has 2 rings (SSSR count). The van der Waals surface area contributed by atoms with Crippen LogP contribution in [0.1, 0.15) is 5.56 Å². The largest absolute Gasteiger partial charge is 0.399 e. The highest BCUT2D eigenvalue weighted by Gasteiger charge is 2.13. The molecule has 0 heterocycles. The molecular weight excluding hydrogens is 344 g/mol. The number of azo groups is 1. The van der Waals surface area contributed by atoms with Crippen molar-refractivity contribution in [1.29, 1.82) is 0 Å². The van der Waals surface area contributed by atoms with Crippen LogP contribution in [0.2, 0.25) is 0 Å². The molecule has 0 unspecified atom stereocenters. The Morgan fingerprint density at radius 2 is 1.76 bits per heavy atom. The molecule has 132 valence electrons. The van der Waals surface area contributed by atoms with Crippen LogP contribution < -0.4 is 11.5 Å². The SMILES string of the molecule is NC(=O)Cc1cc(N)ccc1N=Nc1ccc(S(=O)(=O)CCO)cc1. The van der Waals surface area contributed by atoms with Crippen LogP contribution in [0.4, 0.5) is 17.1 Å². The highest BCUT2D eigenvalue weighted by Crippen LogP contribution is 2.25. The van der Waals surface area contributed by atoms with Crippen molar-refractivity contribution < 1.29 is 18.3 Å². The number of nitrogens with two attached hydrogens (primary N) is 2. The molecule has 2 aromatic carbocycles. The molecule has 0 aliphatic rings. The molecule has 0 fully saturated rings. The van der Waals surface area contributed by atoms with Crippen molar-refractivity contribution in [2.45, 2.75) is 11.3 Å². The number of carbonyl (C=O) groups is 1. The number of sulfone groups is 1. The lowest BCUT2D eigenvalue weighted by Crippen LogP contribution is -2.13. The zero-order chi connectivity index (χ0) is 18.4. The first-order valence-electron chi connectivity index (χ1n) is 7.34. The van der Waals surface area contributed by atoms with Crippen LogP contribution in [-0.2, 0) is 21.1 Å². The Labute approximate surface area is 145 Å². The third kappa shape index (κ3) is 5.10. The number of rotatable bonds is 7. The normalized spacial score (nSPS) is 11.7. The Kier molecular flexibility index (Phi) is 5.84. The second kappa shape index (κ2) is 7.86. The van der Waals surface area contributed by atoms with E-state index in [9.17, 15) is 13.2 Å². The summed E-state index contributed by atoms with van der Waals surface area (Å²) in [5.74, 6) is -0.851. The van der Waals surface area contributed by atoms with Crippen molar-refractivity contribution >= 4 is 32.8 Å². The number of nitrogens with zero attached hydrogens (tertiary/aromatic N) is 2. The van der Waals surface area contributed by atoms with E-state index < -0.39 is 22.4 Å². The van der Waals surface area contributed by atoms with E-state index in [1.54, 1.807) is 18.2 Å². The Hall–Kier alpha value is -2.78. The van der Waals surface area contributed by atoms with E-state index >= 15 is 0 Å². The summed E-state index contributed by atoms with van der Waals surface area (Å²) in [6, 6.07) is 10.6. The van der Waals surface area contributed by atoms with E-state index in [2.05, 4.69) is 10.2 Å². The molecule has 0 saturated carbocycles. The van der Waals surface area contributed by atoms with Crippen molar-refractivity contribution in [1.82, 2.24) is 0 Å². The van der Waals surface area contributed by atoms with E-state index in [-0.39, 0.29) is 17.1 Å². The maximum Gasteiger partial charge on any atom is 0.221 e. The van der Waals surface area contributed by atoms with Crippen molar-refractivity contribution in [2.75, 3.05) is 18.1 Å². The number of primary amides is 1. The zero-order valence-electron chi connectivity index (χ0n) is 13.3. The van der Waals surface area contributed by atoms with Gasteiger partial charge in [-0.3, -0.25) is 4.79 Å². The molecule has 1 amide bonds. The number of nitrogen functional groups attached to an aromatic ring is 1. The zero-order valence-corrected chi connectivity index (χ0v) is 14.1. The van der Waals surface area contributed by atoms with E-state index in [1.165, 1.54) is 24.3 Å². The van der Waals surface area contributed by atoms with Gasteiger partial charge in [0, 0.05) is 5.69 Å². The molecule has 9 heteroatoms. The molecule has 2 aromatic rings. The van der Waals surface area contributed by atoms with Gasteiger partial charge in [-0.05, 0) is 48.0 Å². The van der Waals surface area contributed by atoms with Crippen LogP contribution in [0.15, 0.2) is 57.6 Å². The molecule has 0 bridgehead atoms. The summed E-state index contributed by atoms with van der Waals surface area (Å²) in [6.07, 6.45) is -0.0161. The molecule has 8 nitrogen and oxygen atoms in total. The Balaban J connectivity index is 2.24. The number of anilines is 1. The Morgan fingerprint density at radius 3 is 2.36 bits per heavy atom. The van der Waals surface area contributed by atoms with Crippen LogP contribution >= 0.6 is 0 Å². The summed E-state index contributed by atoms with van der Waals surface area (Å²) in [5, 5.41) is 16.9. The lowest BCUT2D eigenvalue weighted by molar-refractivity contribution is -0.117. The number of carbonyl (C=O) groups excluding carboxylic acids is 1. The average molecular weight is 362 g/mol. The van der Waals surface area contributed by atoms with Gasteiger partial charge in [-0.25, -0.2) is 8.42 Å². The third-order valence-electron chi connectivity index (χ3n) is 3.30. The molecule has 0 saturated heterocycles. The number of amides is 1. The van der Waals surface area contributed by atoms with Gasteiger partial charge in [-0.1, -0.05) is 0 Å². The van der Waals surface area contributed by atoms with Gasteiger partial charge in [-0.2, -0.15) is 10.2 Å².